The Morgan fingerprint density at radius 3 is 2.72 bits per heavy atom. The third kappa shape index (κ3) is 3.53. The van der Waals surface area contributed by atoms with Gasteiger partial charge in [0.2, 0.25) is 5.82 Å². The van der Waals surface area contributed by atoms with Gasteiger partial charge in [0.15, 0.2) is 6.54 Å². The zero-order valence-corrected chi connectivity index (χ0v) is 13.9. The van der Waals surface area contributed by atoms with E-state index in [-0.39, 0.29) is 13.2 Å². The quantitative estimate of drug-likeness (QED) is 0.514. The molecule has 0 atom stereocenters. The first-order chi connectivity index (χ1) is 12.3. The fraction of sp³-hybridized carbons (Fsp3) is 0.118. The second-order valence-electron chi connectivity index (χ2n) is 5.25. The molecule has 0 unspecified atom stereocenters. The molecule has 0 radical (unpaired) electrons. The molecule has 7 nitrogen and oxygen atoms in total. The summed E-state index contributed by atoms with van der Waals surface area (Å²) < 4.78 is 6.33. The number of para-hydroxylation sites is 1. The number of carbonyl (C=O) groups excluding carboxylic acids is 1. The average Bonchev–Trinajstić information content (AvgIpc) is 3.27. The van der Waals surface area contributed by atoms with E-state index in [0.29, 0.717) is 5.82 Å². The van der Waals surface area contributed by atoms with Crippen LogP contribution in [0.5, 0.6) is 0 Å². The van der Waals surface area contributed by atoms with Crippen molar-refractivity contribution in [2.24, 2.45) is 0 Å². The minimum Gasteiger partial charge on any atom is -0.457 e. The van der Waals surface area contributed by atoms with Crippen LogP contribution in [-0.2, 0) is 22.7 Å². The maximum absolute atomic E-state index is 12.0. The second-order valence-corrected chi connectivity index (χ2v) is 6.36. The fourth-order valence-corrected chi connectivity index (χ4v) is 3.18. The fourth-order valence-electron chi connectivity index (χ4n) is 2.30. The molecule has 4 rings (SSSR count). The minimum absolute atomic E-state index is 0.0925. The topological polar surface area (TPSA) is 82.8 Å². The summed E-state index contributed by atoms with van der Waals surface area (Å²) >= 11 is 1.51. The zero-order valence-electron chi connectivity index (χ0n) is 13.1. The van der Waals surface area contributed by atoms with E-state index in [4.69, 9.17) is 4.74 Å². The van der Waals surface area contributed by atoms with Gasteiger partial charge >= 0.3 is 5.97 Å². The van der Waals surface area contributed by atoms with E-state index in [1.807, 2.05) is 54.6 Å². The van der Waals surface area contributed by atoms with Crippen LogP contribution in [0.25, 0.3) is 21.6 Å². The van der Waals surface area contributed by atoms with Crippen LogP contribution in [-0.4, -0.2) is 31.2 Å². The van der Waals surface area contributed by atoms with Gasteiger partial charge in [-0.1, -0.05) is 42.5 Å². The molecule has 0 fully saturated rings. The van der Waals surface area contributed by atoms with Gasteiger partial charge in [0.25, 0.3) is 0 Å². The first-order valence-electron chi connectivity index (χ1n) is 7.61. The molecule has 0 bridgehead atoms. The normalized spacial score (nSPS) is 10.9. The Balaban J connectivity index is 1.37. The molecule has 0 N–H and O–H groups in total. The molecule has 0 saturated carbocycles. The number of hydrogen-bond donors (Lipinski definition) is 0. The highest BCUT2D eigenvalue weighted by molar-refractivity contribution is 7.18. The molecule has 2 heterocycles. The Kier molecular flexibility index (Phi) is 4.17. The Hall–Kier alpha value is -3.13. The number of thiazole rings is 1. The molecule has 0 saturated heterocycles. The average molecular weight is 351 g/mol. The lowest BCUT2D eigenvalue weighted by Crippen LogP contribution is -2.15. The predicted octanol–water partition coefficient (Wildman–Crippen LogP) is 2.69. The van der Waals surface area contributed by atoms with Crippen LogP contribution in [0.2, 0.25) is 0 Å². The standard InChI is InChI=1S/C17H13N5O2S/c23-16(24-11-15-18-13-8-4-5-9-14(13)25-15)10-22-20-17(19-21-22)12-6-2-1-3-7-12/h1-9H,10-11H2. The highest BCUT2D eigenvalue weighted by Crippen LogP contribution is 2.22. The van der Waals surface area contributed by atoms with Crippen LogP contribution >= 0.6 is 11.3 Å². The molecular formula is C17H13N5O2S. The number of hydrogen-bond acceptors (Lipinski definition) is 7. The lowest BCUT2D eigenvalue weighted by atomic mass is 10.2. The van der Waals surface area contributed by atoms with E-state index in [0.717, 1.165) is 20.8 Å². The smallest absolute Gasteiger partial charge is 0.330 e. The molecule has 0 amide bonds. The monoisotopic (exact) mass is 351 g/mol. The van der Waals surface area contributed by atoms with Gasteiger partial charge in [-0.15, -0.1) is 21.5 Å². The van der Waals surface area contributed by atoms with Gasteiger partial charge in [-0.25, -0.2) is 9.78 Å². The summed E-state index contributed by atoms with van der Waals surface area (Å²) in [5.74, 6) is 0.0378. The van der Waals surface area contributed by atoms with Crippen molar-refractivity contribution in [2.75, 3.05) is 0 Å². The SMILES string of the molecule is O=C(Cn1nnc(-c2ccccc2)n1)OCc1nc2ccccc2s1. The number of carbonyl (C=O) groups is 1. The number of benzene rings is 2. The van der Waals surface area contributed by atoms with Gasteiger partial charge in [0.05, 0.1) is 10.2 Å². The van der Waals surface area contributed by atoms with Crippen LogP contribution in [0.3, 0.4) is 0 Å². The molecule has 0 aliphatic heterocycles. The molecule has 2 aromatic heterocycles. The molecule has 8 heteroatoms. The summed E-state index contributed by atoms with van der Waals surface area (Å²) in [6, 6.07) is 17.3. The molecule has 4 aromatic rings. The van der Waals surface area contributed by atoms with Gasteiger partial charge < -0.3 is 4.74 Å². The van der Waals surface area contributed by atoms with Crippen LogP contribution in [0, 0.1) is 0 Å². The number of fused-ring (bicyclic) bond motifs is 1. The first kappa shape index (κ1) is 15.4. The number of tetrazole rings is 1. The van der Waals surface area contributed by atoms with Gasteiger partial charge in [-0.3, -0.25) is 0 Å². The van der Waals surface area contributed by atoms with Gasteiger partial charge in [-0.05, 0) is 17.3 Å². The maximum Gasteiger partial charge on any atom is 0.330 e. The van der Waals surface area contributed by atoms with Crippen molar-refractivity contribution in [3.8, 4) is 11.4 Å². The number of nitrogens with zero attached hydrogens (tertiary/aromatic N) is 5. The highest BCUT2D eigenvalue weighted by atomic mass is 32.1. The van der Waals surface area contributed by atoms with Crippen molar-refractivity contribution in [1.82, 2.24) is 25.2 Å². The van der Waals surface area contributed by atoms with E-state index in [9.17, 15) is 4.79 Å². The van der Waals surface area contributed by atoms with E-state index in [1.54, 1.807) is 0 Å². The first-order valence-corrected chi connectivity index (χ1v) is 8.43. The second kappa shape index (κ2) is 6.78. The zero-order chi connectivity index (χ0) is 17.1. The molecule has 0 aliphatic rings. The predicted molar refractivity (Wildman–Crippen MR) is 92.7 cm³/mol. The van der Waals surface area contributed by atoms with Crippen LogP contribution in [0.1, 0.15) is 5.01 Å². The molecule has 0 aliphatic carbocycles. The van der Waals surface area contributed by atoms with E-state index < -0.39 is 5.97 Å². The number of esters is 1. The van der Waals surface area contributed by atoms with E-state index in [1.165, 1.54) is 16.1 Å². The third-order valence-electron chi connectivity index (χ3n) is 3.45. The maximum atomic E-state index is 12.0. The van der Waals surface area contributed by atoms with Crippen molar-refractivity contribution in [3.63, 3.8) is 0 Å². The minimum atomic E-state index is -0.434. The van der Waals surface area contributed by atoms with Gasteiger partial charge in [0.1, 0.15) is 11.6 Å². The van der Waals surface area contributed by atoms with Gasteiger partial charge in [-0.2, -0.15) is 4.80 Å². The molecular weight excluding hydrogens is 338 g/mol. The Morgan fingerprint density at radius 1 is 1.08 bits per heavy atom. The van der Waals surface area contributed by atoms with Crippen molar-refractivity contribution in [1.29, 1.82) is 0 Å². The number of ether oxygens (including phenoxy) is 1. The molecule has 0 spiro atoms. The van der Waals surface area contributed by atoms with Crippen LogP contribution in [0.15, 0.2) is 54.6 Å². The third-order valence-corrected chi connectivity index (χ3v) is 4.46. The Morgan fingerprint density at radius 2 is 1.88 bits per heavy atom. The summed E-state index contributed by atoms with van der Waals surface area (Å²) in [6.45, 7) is 0.0448. The van der Waals surface area contributed by atoms with Crippen LogP contribution in [0.4, 0.5) is 0 Å². The molecule has 25 heavy (non-hydrogen) atoms. The summed E-state index contributed by atoms with van der Waals surface area (Å²) in [7, 11) is 0. The van der Waals surface area contributed by atoms with Gasteiger partial charge in [0, 0.05) is 5.56 Å². The summed E-state index contributed by atoms with van der Waals surface area (Å²) in [6.07, 6.45) is 0. The summed E-state index contributed by atoms with van der Waals surface area (Å²) in [4.78, 5) is 17.6. The molecule has 124 valence electrons. The van der Waals surface area contributed by atoms with Crippen molar-refractivity contribution in [3.05, 3.63) is 59.6 Å². The highest BCUT2D eigenvalue weighted by Gasteiger charge is 2.11. The summed E-state index contributed by atoms with van der Waals surface area (Å²) in [5, 5.41) is 12.8. The number of aromatic nitrogens is 5. The lowest BCUT2D eigenvalue weighted by Gasteiger charge is -2.01. The lowest BCUT2D eigenvalue weighted by molar-refractivity contribution is -0.146. The van der Waals surface area contributed by atoms with Crippen LogP contribution < -0.4 is 0 Å². The van der Waals surface area contributed by atoms with E-state index >= 15 is 0 Å². The van der Waals surface area contributed by atoms with Crippen molar-refractivity contribution >= 4 is 27.5 Å². The van der Waals surface area contributed by atoms with Crippen molar-refractivity contribution in [2.45, 2.75) is 13.2 Å². The largest absolute Gasteiger partial charge is 0.457 e. The summed E-state index contributed by atoms with van der Waals surface area (Å²) in [5.41, 5.74) is 1.75. The number of rotatable bonds is 5. The molecule has 2 aromatic carbocycles. The van der Waals surface area contributed by atoms with E-state index in [2.05, 4.69) is 20.4 Å². The Labute approximate surface area is 146 Å². The van der Waals surface area contributed by atoms with Crippen molar-refractivity contribution < 1.29 is 9.53 Å². The Bertz CT molecular complexity index is 979.